The number of aromatic amines is 1. The molecule has 7 heteroatoms. The summed E-state index contributed by atoms with van der Waals surface area (Å²) in [4.78, 5) is 25.0. The van der Waals surface area contributed by atoms with E-state index in [1.807, 2.05) is 55.6 Å². The number of hydrogen-bond donors (Lipinski definition) is 2. The summed E-state index contributed by atoms with van der Waals surface area (Å²) >= 11 is 0. The molecular formula is C30H36N4O3. The first-order chi connectivity index (χ1) is 18.0. The molecule has 0 aliphatic rings. The van der Waals surface area contributed by atoms with E-state index in [1.54, 1.807) is 24.3 Å². The standard InChI is InChI=1S/C30H36N4O3/c1-5-33(6-2)15-16-34(7-3)30(36)28(35)22-12-10-11-21(17-22)23-18-25-26(20-32-29(25)31-19-23)24-13-8-9-14-27(24)37-4/h8-14,17-20,28,35H,5-7,15-16H2,1-4H3,(H,31,32). The topological polar surface area (TPSA) is 81.7 Å². The molecule has 0 aliphatic carbocycles. The third kappa shape index (κ3) is 5.68. The van der Waals surface area contributed by atoms with Crippen LogP contribution in [0.4, 0.5) is 0 Å². The molecule has 0 spiro atoms. The summed E-state index contributed by atoms with van der Waals surface area (Å²) in [6.07, 6.45) is 2.53. The molecule has 1 atom stereocenters. The van der Waals surface area contributed by atoms with Crippen LogP contribution in [0.3, 0.4) is 0 Å². The quantitative estimate of drug-likeness (QED) is 0.298. The summed E-state index contributed by atoms with van der Waals surface area (Å²) in [5.41, 5.74) is 5.12. The number of H-pyrrole nitrogens is 1. The van der Waals surface area contributed by atoms with Gasteiger partial charge in [-0.25, -0.2) is 4.98 Å². The third-order valence-corrected chi connectivity index (χ3v) is 6.97. The van der Waals surface area contributed by atoms with Gasteiger partial charge in [0.05, 0.1) is 7.11 Å². The van der Waals surface area contributed by atoms with Crippen LogP contribution >= 0.6 is 0 Å². The van der Waals surface area contributed by atoms with Gasteiger partial charge in [0.15, 0.2) is 6.10 Å². The van der Waals surface area contributed by atoms with Crippen LogP contribution in [-0.2, 0) is 4.79 Å². The number of aliphatic hydroxyl groups is 1. The molecule has 0 radical (unpaired) electrons. The lowest BCUT2D eigenvalue weighted by molar-refractivity contribution is -0.140. The number of hydrogen-bond acceptors (Lipinski definition) is 5. The van der Waals surface area contributed by atoms with Crippen LogP contribution in [0.1, 0.15) is 32.4 Å². The second-order valence-electron chi connectivity index (χ2n) is 9.00. The fourth-order valence-corrected chi connectivity index (χ4v) is 4.68. The van der Waals surface area contributed by atoms with Gasteiger partial charge in [0.25, 0.3) is 5.91 Å². The number of methoxy groups -OCH3 is 1. The molecule has 37 heavy (non-hydrogen) atoms. The average Bonchev–Trinajstić information content (AvgIpc) is 3.38. The van der Waals surface area contributed by atoms with E-state index in [0.717, 1.165) is 58.7 Å². The number of carbonyl (C=O) groups excluding carboxylic acids is 1. The first-order valence-corrected chi connectivity index (χ1v) is 12.9. The number of rotatable bonds is 11. The molecule has 0 saturated heterocycles. The van der Waals surface area contributed by atoms with Gasteiger partial charge in [-0.3, -0.25) is 4.79 Å². The van der Waals surface area contributed by atoms with Crippen molar-refractivity contribution in [2.45, 2.75) is 26.9 Å². The number of fused-ring (bicyclic) bond motifs is 1. The number of para-hydroxylation sites is 1. The van der Waals surface area contributed by atoms with Crippen LogP contribution < -0.4 is 4.74 Å². The lowest BCUT2D eigenvalue weighted by Gasteiger charge is -2.27. The fraction of sp³-hybridized carbons (Fsp3) is 0.333. The van der Waals surface area contributed by atoms with E-state index >= 15 is 0 Å². The molecule has 1 amide bonds. The minimum Gasteiger partial charge on any atom is -0.496 e. The van der Waals surface area contributed by atoms with Crippen molar-refractivity contribution < 1.29 is 14.6 Å². The van der Waals surface area contributed by atoms with E-state index in [4.69, 9.17) is 4.74 Å². The van der Waals surface area contributed by atoms with Crippen LogP contribution in [0.15, 0.2) is 67.0 Å². The van der Waals surface area contributed by atoms with Crippen LogP contribution in [0.2, 0.25) is 0 Å². The first-order valence-electron chi connectivity index (χ1n) is 12.9. The molecule has 0 saturated carbocycles. The second kappa shape index (κ2) is 12.0. The Morgan fingerprint density at radius 3 is 2.49 bits per heavy atom. The molecule has 2 aromatic heterocycles. The number of benzene rings is 2. The smallest absolute Gasteiger partial charge is 0.256 e. The van der Waals surface area contributed by atoms with Crippen LogP contribution in [0, 0.1) is 0 Å². The Balaban J connectivity index is 1.61. The molecule has 2 N–H and O–H groups in total. The Labute approximate surface area is 218 Å². The number of ether oxygens (including phenoxy) is 1. The Morgan fingerprint density at radius 2 is 1.76 bits per heavy atom. The second-order valence-corrected chi connectivity index (χ2v) is 9.00. The molecular weight excluding hydrogens is 464 g/mol. The highest BCUT2D eigenvalue weighted by Crippen LogP contribution is 2.36. The molecule has 0 fully saturated rings. The normalized spacial score (nSPS) is 12.2. The predicted molar refractivity (Wildman–Crippen MR) is 149 cm³/mol. The van der Waals surface area contributed by atoms with Gasteiger partial charge in [0.2, 0.25) is 0 Å². The fourth-order valence-electron chi connectivity index (χ4n) is 4.68. The summed E-state index contributed by atoms with van der Waals surface area (Å²) < 4.78 is 5.57. The summed E-state index contributed by atoms with van der Waals surface area (Å²) in [6.45, 7) is 9.97. The van der Waals surface area contributed by atoms with Crippen molar-refractivity contribution >= 4 is 16.9 Å². The van der Waals surface area contributed by atoms with E-state index in [-0.39, 0.29) is 5.91 Å². The number of nitrogens with zero attached hydrogens (tertiary/aromatic N) is 3. The number of amides is 1. The maximum absolute atomic E-state index is 13.1. The highest BCUT2D eigenvalue weighted by atomic mass is 16.5. The van der Waals surface area contributed by atoms with Crippen molar-refractivity contribution in [2.24, 2.45) is 0 Å². The SMILES string of the molecule is CCN(CC)CCN(CC)C(=O)C(O)c1cccc(-c2cnc3[nH]cc(-c4ccccc4OC)c3c2)c1. The van der Waals surface area contributed by atoms with E-state index < -0.39 is 6.10 Å². The average molecular weight is 501 g/mol. The first kappa shape index (κ1) is 26.4. The minimum absolute atomic E-state index is 0.274. The zero-order valence-corrected chi connectivity index (χ0v) is 22.1. The highest BCUT2D eigenvalue weighted by Gasteiger charge is 2.23. The zero-order valence-electron chi connectivity index (χ0n) is 22.1. The number of likely N-dealkylation sites (N-methyl/N-ethyl adjacent to an activating group) is 2. The van der Waals surface area contributed by atoms with Crippen molar-refractivity contribution in [1.29, 1.82) is 0 Å². The zero-order chi connectivity index (χ0) is 26.4. The number of nitrogens with one attached hydrogen (secondary N) is 1. The molecule has 0 bridgehead atoms. The van der Waals surface area contributed by atoms with Gasteiger partial charge in [-0.1, -0.05) is 50.2 Å². The molecule has 4 aromatic rings. The van der Waals surface area contributed by atoms with Crippen LogP contribution in [0.25, 0.3) is 33.3 Å². The number of aliphatic hydroxyl groups excluding tert-OH is 1. The van der Waals surface area contributed by atoms with Crippen molar-refractivity contribution in [2.75, 3.05) is 39.8 Å². The maximum atomic E-state index is 13.1. The van der Waals surface area contributed by atoms with Gasteiger partial charge in [-0.2, -0.15) is 0 Å². The van der Waals surface area contributed by atoms with E-state index in [2.05, 4.69) is 34.8 Å². The Morgan fingerprint density at radius 1 is 0.973 bits per heavy atom. The lowest BCUT2D eigenvalue weighted by atomic mass is 9.99. The summed E-state index contributed by atoms with van der Waals surface area (Å²) in [5.74, 6) is 0.517. The summed E-state index contributed by atoms with van der Waals surface area (Å²) in [5, 5.41) is 12.0. The highest BCUT2D eigenvalue weighted by molar-refractivity contribution is 5.97. The van der Waals surface area contributed by atoms with Crippen molar-refractivity contribution in [3.8, 4) is 28.0 Å². The third-order valence-electron chi connectivity index (χ3n) is 6.97. The van der Waals surface area contributed by atoms with Gasteiger partial charge in [0, 0.05) is 54.1 Å². The van der Waals surface area contributed by atoms with E-state index in [9.17, 15) is 9.90 Å². The van der Waals surface area contributed by atoms with Crippen LogP contribution in [-0.4, -0.2) is 70.6 Å². The van der Waals surface area contributed by atoms with Crippen molar-refractivity contribution in [1.82, 2.24) is 19.8 Å². The Bertz CT molecular complexity index is 1350. The van der Waals surface area contributed by atoms with Crippen molar-refractivity contribution in [3.63, 3.8) is 0 Å². The lowest BCUT2D eigenvalue weighted by Crippen LogP contribution is -2.40. The van der Waals surface area contributed by atoms with E-state index in [0.29, 0.717) is 18.7 Å². The molecule has 7 nitrogen and oxygen atoms in total. The van der Waals surface area contributed by atoms with Gasteiger partial charge in [0.1, 0.15) is 11.4 Å². The van der Waals surface area contributed by atoms with Gasteiger partial charge in [-0.05, 0) is 49.3 Å². The molecule has 2 heterocycles. The largest absolute Gasteiger partial charge is 0.496 e. The Hall–Kier alpha value is -3.68. The Kier molecular flexibility index (Phi) is 8.58. The molecule has 194 valence electrons. The monoisotopic (exact) mass is 500 g/mol. The number of pyridine rings is 1. The number of carbonyl (C=O) groups is 1. The molecule has 1 unspecified atom stereocenters. The van der Waals surface area contributed by atoms with Crippen LogP contribution in [0.5, 0.6) is 5.75 Å². The van der Waals surface area contributed by atoms with Crippen molar-refractivity contribution in [3.05, 3.63) is 72.6 Å². The predicted octanol–water partition coefficient (Wildman–Crippen LogP) is 5.13. The summed E-state index contributed by atoms with van der Waals surface area (Å²) in [6, 6.07) is 17.5. The molecule has 2 aromatic carbocycles. The van der Waals surface area contributed by atoms with Gasteiger partial charge in [-0.15, -0.1) is 0 Å². The minimum atomic E-state index is -1.22. The maximum Gasteiger partial charge on any atom is 0.256 e. The molecule has 0 aliphatic heterocycles. The summed E-state index contributed by atoms with van der Waals surface area (Å²) in [7, 11) is 1.67. The number of aromatic nitrogens is 2. The van der Waals surface area contributed by atoms with E-state index in [1.165, 1.54) is 0 Å². The van der Waals surface area contributed by atoms with Gasteiger partial charge < -0.3 is 24.6 Å². The molecule has 4 rings (SSSR count). The van der Waals surface area contributed by atoms with Gasteiger partial charge >= 0.3 is 0 Å².